The number of amides is 2. The molecule has 1 atom stereocenters. The Balaban J connectivity index is 1.52. The monoisotopic (exact) mass is 330 g/mol. The minimum absolute atomic E-state index is 0.0255. The van der Waals surface area contributed by atoms with Crippen LogP contribution >= 0.6 is 0 Å². The number of carbonyl (C=O) groups excluding carboxylic acids is 2. The highest BCUT2D eigenvalue weighted by Gasteiger charge is 2.35. The highest BCUT2D eigenvalue weighted by Crippen LogP contribution is 2.35. The highest BCUT2D eigenvalue weighted by atomic mass is 16.4. The highest BCUT2D eigenvalue weighted by molar-refractivity contribution is 5.90. The molecule has 1 aliphatic carbocycles. The molecular formula is C18H22N2O4. The maximum absolute atomic E-state index is 12.5. The maximum Gasteiger partial charge on any atom is 0.306 e. The number of fused-ring (bicyclic) bond motifs is 1. The van der Waals surface area contributed by atoms with E-state index in [4.69, 9.17) is 5.11 Å². The van der Waals surface area contributed by atoms with Crippen molar-refractivity contribution in [3.05, 3.63) is 35.4 Å². The van der Waals surface area contributed by atoms with Crippen LogP contribution in [0.1, 0.15) is 29.9 Å². The van der Waals surface area contributed by atoms with Gasteiger partial charge in [0, 0.05) is 20.1 Å². The average Bonchev–Trinajstić information content (AvgIpc) is 2.55. The van der Waals surface area contributed by atoms with Gasteiger partial charge >= 0.3 is 5.97 Å². The number of carboxylic acid groups (broad SMARTS) is 1. The molecule has 1 heterocycles. The molecule has 0 radical (unpaired) electrons. The number of benzene rings is 1. The summed E-state index contributed by atoms with van der Waals surface area (Å²) in [7, 11) is 1.66. The standard InChI is InChI=1S/C18H22N2O4/c1-19(17(22)15-10-13-4-2-3-5-14(13)15)11-16(21)20-8-6-12(7-9-20)18(23)24/h2-5,12,15H,6-11H2,1H3,(H,23,24). The first kappa shape index (κ1) is 16.5. The van der Waals surface area contributed by atoms with E-state index in [0.29, 0.717) is 25.9 Å². The number of carbonyl (C=O) groups is 3. The van der Waals surface area contributed by atoms with E-state index >= 15 is 0 Å². The molecular weight excluding hydrogens is 308 g/mol. The molecule has 2 aliphatic rings. The van der Waals surface area contributed by atoms with Gasteiger partial charge in [-0.1, -0.05) is 24.3 Å². The van der Waals surface area contributed by atoms with Crippen molar-refractivity contribution in [3.63, 3.8) is 0 Å². The zero-order valence-corrected chi connectivity index (χ0v) is 13.8. The van der Waals surface area contributed by atoms with Crippen LogP contribution in [-0.4, -0.2) is 59.4 Å². The number of hydrogen-bond acceptors (Lipinski definition) is 3. The lowest BCUT2D eigenvalue weighted by atomic mass is 9.77. The minimum atomic E-state index is -0.793. The molecule has 0 aromatic heterocycles. The summed E-state index contributed by atoms with van der Waals surface area (Å²) in [5, 5.41) is 9.00. The third kappa shape index (κ3) is 3.13. The Kier molecular flexibility index (Phi) is 4.55. The number of carboxylic acids is 1. The van der Waals surface area contributed by atoms with Gasteiger partial charge in [0.2, 0.25) is 11.8 Å². The molecule has 1 aromatic carbocycles. The Bertz CT molecular complexity index is 665. The van der Waals surface area contributed by atoms with Gasteiger partial charge in [-0.3, -0.25) is 14.4 Å². The Morgan fingerprint density at radius 1 is 1.21 bits per heavy atom. The molecule has 1 unspecified atom stereocenters. The molecule has 6 nitrogen and oxygen atoms in total. The Morgan fingerprint density at radius 2 is 1.88 bits per heavy atom. The molecule has 1 aromatic rings. The summed E-state index contributed by atoms with van der Waals surface area (Å²) in [5.74, 6) is -1.43. The Hall–Kier alpha value is -2.37. The summed E-state index contributed by atoms with van der Waals surface area (Å²) in [6, 6.07) is 7.88. The van der Waals surface area contributed by atoms with Crippen molar-refractivity contribution >= 4 is 17.8 Å². The predicted octanol–water partition coefficient (Wildman–Crippen LogP) is 1.11. The maximum atomic E-state index is 12.5. The van der Waals surface area contributed by atoms with E-state index in [0.717, 1.165) is 12.0 Å². The van der Waals surface area contributed by atoms with E-state index in [1.54, 1.807) is 11.9 Å². The third-order valence-corrected chi connectivity index (χ3v) is 5.10. The van der Waals surface area contributed by atoms with Crippen LogP contribution in [-0.2, 0) is 20.8 Å². The summed E-state index contributed by atoms with van der Waals surface area (Å²) < 4.78 is 0. The molecule has 1 N–H and O–H groups in total. The lowest BCUT2D eigenvalue weighted by Gasteiger charge is -2.34. The molecule has 24 heavy (non-hydrogen) atoms. The van der Waals surface area contributed by atoms with Crippen molar-refractivity contribution in [3.8, 4) is 0 Å². The van der Waals surface area contributed by atoms with Gasteiger partial charge in [-0.05, 0) is 30.4 Å². The summed E-state index contributed by atoms with van der Waals surface area (Å²) in [6.45, 7) is 0.948. The van der Waals surface area contributed by atoms with Crippen molar-refractivity contribution in [2.45, 2.75) is 25.2 Å². The Morgan fingerprint density at radius 3 is 2.50 bits per heavy atom. The van der Waals surface area contributed by atoms with Crippen LogP contribution in [0.5, 0.6) is 0 Å². The van der Waals surface area contributed by atoms with Gasteiger partial charge in [0.1, 0.15) is 0 Å². The largest absolute Gasteiger partial charge is 0.481 e. The fourth-order valence-corrected chi connectivity index (χ4v) is 3.50. The van der Waals surface area contributed by atoms with Crippen molar-refractivity contribution < 1.29 is 19.5 Å². The van der Waals surface area contributed by atoms with Crippen LogP contribution in [0.4, 0.5) is 0 Å². The summed E-state index contributed by atoms with van der Waals surface area (Å²) >= 11 is 0. The molecule has 1 fully saturated rings. The predicted molar refractivity (Wildman–Crippen MR) is 87.5 cm³/mol. The first-order chi connectivity index (χ1) is 11.5. The Labute approximate surface area is 141 Å². The number of likely N-dealkylation sites (N-methyl/N-ethyl adjacent to an activating group) is 1. The first-order valence-corrected chi connectivity index (χ1v) is 8.30. The van der Waals surface area contributed by atoms with Crippen LogP contribution in [0, 0.1) is 5.92 Å². The van der Waals surface area contributed by atoms with Crippen LogP contribution in [0.3, 0.4) is 0 Å². The number of aliphatic carboxylic acids is 1. The molecule has 0 spiro atoms. The zero-order valence-electron chi connectivity index (χ0n) is 13.8. The van der Waals surface area contributed by atoms with Crippen molar-refractivity contribution in [2.24, 2.45) is 5.92 Å². The summed E-state index contributed by atoms with van der Waals surface area (Å²) in [5.41, 5.74) is 2.26. The number of nitrogens with zero attached hydrogens (tertiary/aromatic N) is 2. The van der Waals surface area contributed by atoms with Gasteiger partial charge in [0.15, 0.2) is 0 Å². The van der Waals surface area contributed by atoms with Crippen molar-refractivity contribution in [1.82, 2.24) is 9.80 Å². The minimum Gasteiger partial charge on any atom is -0.481 e. The second-order valence-electron chi connectivity index (χ2n) is 6.64. The molecule has 2 amide bonds. The van der Waals surface area contributed by atoms with Crippen LogP contribution in [0.15, 0.2) is 24.3 Å². The van der Waals surface area contributed by atoms with Gasteiger partial charge in [0.25, 0.3) is 0 Å². The zero-order chi connectivity index (χ0) is 17.3. The van der Waals surface area contributed by atoms with Gasteiger partial charge in [-0.2, -0.15) is 0 Å². The molecule has 0 bridgehead atoms. The lowest BCUT2D eigenvalue weighted by Crippen LogP contribution is -2.47. The first-order valence-electron chi connectivity index (χ1n) is 8.30. The number of likely N-dealkylation sites (tertiary alicyclic amines) is 1. The smallest absolute Gasteiger partial charge is 0.306 e. The van der Waals surface area contributed by atoms with Gasteiger partial charge in [-0.25, -0.2) is 0 Å². The van der Waals surface area contributed by atoms with Crippen LogP contribution in [0.25, 0.3) is 0 Å². The van der Waals surface area contributed by atoms with Gasteiger partial charge < -0.3 is 14.9 Å². The summed E-state index contributed by atoms with van der Waals surface area (Å²) in [4.78, 5) is 39.0. The van der Waals surface area contributed by atoms with Crippen LogP contribution < -0.4 is 0 Å². The molecule has 1 saturated heterocycles. The second kappa shape index (κ2) is 6.63. The molecule has 3 rings (SSSR count). The fourth-order valence-electron chi connectivity index (χ4n) is 3.50. The SMILES string of the molecule is CN(CC(=O)N1CCC(C(=O)O)CC1)C(=O)C1Cc2ccccc21. The van der Waals surface area contributed by atoms with Crippen molar-refractivity contribution in [2.75, 3.05) is 26.7 Å². The van der Waals surface area contributed by atoms with E-state index in [2.05, 4.69) is 0 Å². The quantitative estimate of drug-likeness (QED) is 0.897. The van der Waals surface area contributed by atoms with Crippen LogP contribution in [0.2, 0.25) is 0 Å². The number of piperidine rings is 1. The fraction of sp³-hybridized carbons (Fsp3) is 0.500. The normalized spacial score (nSPS) is 20.0. The van der Waals surface area contributed by atoms with E-state index in [1.165, 1.54) is 10.5 Å². The molecule has 128 valence electrons. The van der Waals surface area contributed by atoms with E-state index in [9.17, 15) is 14.4 Å². The van der Waals surface area contributed by atoms with Gasteiger partial charge in [-0.15, -0.1) is 0 Å². The number of rotatable bonds is 4. The second-order valence-corrected chi connectivity index (χ2v) is 6.64. The average molecular weight is 330 g/mol. The third-order valence-electron chi connectivity index (χ3n) is 5.10. The lowest BCUT2D eigenvalue weighted by molar-refractivity contribution is -0.146. The topological polar surface area (TPSA) is 77.9 Å². The van der Waals surface area contributed by atoms with E-state index in [1.807, 2.05) is 24.3 Å². The van der Waals surface area contributed by atoms with Crippen molar-refractivity contribution in [1.29, 1.82) is 0 Å². The molecule has 6 heteroatoms. The van der Waals surface area contributed by atoms with E-state index < -0.39 is 5.97 Å². The number of hydrogen-bond donors (Lipinski definition) is 1. The van der Waals surface area contributed by atoms with Gasteiger partial charge in [0.05, 0.1) is 18.4 Å². The molecule has 1 aliphatic heterocycles. The van der Waals surface area contributed by atoms with E-state index in [-0.39, 0.29) is 30.2 Å². The molecule has 0 saturated carbocycles. The summed E-state index contributed by atoms with van der Waals surface area (Å²) in [6.07, 6.45) is 1.70.